The first-order valence-corrected chi connectivity index (χ1v) is 6.62. The molecule has 2 aromatic rings. The number of hydrogen-bond donors (Lipinski definition) is 0. The highest BCUT2D eigenvalue weighted by atomic mass is 32.2. The van der Waals surface area contributed by atoms with Crippen LogP contribution in [0.4, 0.5) is 4.79 Å². The third-order valence-electron chi connectivity index (χ3n) is 2.46. The van der Waals surface area contributed by atoms with E-state index in [2.05, 4.69) is 0 Å². The molecule has 4 heteroatoms. The zero-order chi connectivity index (χ0) is 13.5. The number of ether oxygens (including phenoxy) is 2. The van der Waals surface area contributed by atoms with Crippen molar-refractivity contribution in [3.8, 4) is 5.75 Å². The molecule has 19 heavy (non-hydrogen) atoms. The molecule has 0 aliphatic rings. The summed E-state index contributed by atoms with van der Waals surface area (Å²) >= 11 is 1.08. The van der Waals surface area contributed by atoms with Crippen molar-refractivity contribution in [1.82, 2.24) is 0 Å². The van der Waals surface area contributed by atoms with Gasteiger partial charge in [0.15, 0.2) is 0 Å². The third-order valence-corrected chi connectivity index (χ3v) is 3.25. The minimum Gasteiger partial charge on any atom is -0.497 e. The van der Waals surface area contributed by atoms with Crippen LogP contribution in [0.2, 0.25) is 0 Å². The van der Waals surface area contributed by atoms with Crippen LogP contribution in [0.15, 0.2) is 59.5 Å². The second-order valence-corrected chi connectivity index (χ2v) is 4.81. The molecule has 2 aromatic carbocycles. The average Bonchev–Trinajstić information content (AvgIpc) is 2.47. The molecule has 0 radical (unpaired) electrons. The van der Waals surface area contributed by atoms with Crippen LogP contribution < -0.4 is 4.74 Å². The summed E-state index contributed by atoms with van der Waals surface area (Å²) in [4.78, 5) is 12.5. The van der Waals surface area contributed by atoms with Gasteiger partial charge in [-0.05, 0) is 41.6 Å². The number of methoxy groups -OCH3 is 1. The van der Waals surface area contributed by atoms with Crippen LogP contribution in [0.25, 0.3) is 0 Å². The van der Waals surface area contributed by atoms with Crippen LogP contribution in [0.3, 0.4) is 0 Å². The topological polar surface area (TPSA) is 35.5 Å². The minimum absolute atomic E-state index is 0.267. The Morgan fingerprint density at radius 1 is 1.05 bits per heavy atom. The van der Waals surface area contributed by atoms with Gasteiger partial charge in [-0.2, -0.15) is 0 Å². The summed E-state index contributed by atoms with van der Waals surface area (Å²) in [6.07, 6.45) is 0. The smallest absolute Gasteiger partial charge is 0.372 e. The summed E-state index contributed by atoms with van der Waals surface area (Å²) in [5, 5.41) is -0.304. The monoisotopic (exact) mass is 274 g/mol. The van der Waals surface area contributed by atoms with Gasteiger partial charge in [-0.1, -0.05) is 30.3 Å². The van der Waals surface area contributed by atoms with E-state index in [4.69, 9.17) is 9.47 Å². The molecular weight excluding hydrogens is 260 g/mol. The summed E-state index contributed by atoms with van der Waals surface area (Å²) < 4.78 is 10.3. The molecule has 98 valence electrons. The fraction of sp³-hybridized carbons (Fsp3) is 0.133. The lowest BCUT2D eigenvalue weighted by molar-refractivity contribution is 0.168. The van der Waals surface area contributed by atoms with Crippen LogP contribution in [0.5, 0.6) is 5.75 Å². The summed E-state index contributed by atoms with van der Waals surface area (Å²) in [6, 6.07) is 16.9. The van der Waals surface area contributed by atoms with Gasteiger partial charge in [0.1, 0.15) is 12.4 Å². The Balaban J connectivity index is 1.83. The van der Waals surface area contributed by atoms with Crippen molar-refractivity contribution in [2.24, 2.45) is 0 Å². The first-order chi connectivity index (χ1) is 9.28. The molecule has 0 saturated carbocycles. The van der Waals surface area contributed by atoms with E-state index in [0.29, 0.717) is 0 Å². The van der Waals surface area contributed by atoms with Crippen molar-refractivity contribution in [2.75, 3.05) is 7.11 Å². The van der Waals surface area contributed by atoms with Crippen LogP contribution in [-0.2, 0) is 11.3 Å². The van der Waals surface area contributed by atoms with Gasteiger partial charge in [0, 0.05) is 4.90 Å². The second-order valence-electron chi connectivity index (χ2n) is 3.80. The Bertz CT molecular complexity index is 523. The molecule has 0 aliphatic heterocycles. The molecule has 0 heterocycles. The minimum atomic E-state index is -0.304. The third kappa shape index (κ3) is 4.34. The van der Waals surface area contributed by atoms with Crippen LogP contribution in [-0.4, -0.2) is 12.4 Å². The first-order valence-electron chi connectivity index (χ1n) is 5.80. The lowest BCUT2D eigenvalue weighted by Crippen LogP contribution is -1.98. The van der Waals surface area contributed by atoms with Crippen molar-refractivity contribution in [3.05, 3.63) is 60.2 Å². The molecule has 0 unspecified atom stereocenters. The van der Waals surface area contributed by atoms with E-state index >= 15 is 0 Å². The summed E-state index contributed by atoms with van der Waals surface area (Å²) in [7, 11) is 1.62. The SMILES string of the molecule is COc1ccc(COC(=O)Sc2ccccc2)cc1. The van der Waals surface area contributed by atoms with Crippen LogP contribution in [0.1, 0.15) is 5.56 Å². The molecule has 0 spiro atoms. The molecular formula is C15H14O3S. The Kier molecular flexibility index (Phi) is 4.86. The molecule has 0 aromatic heterocycles. The number of hydrogen-bond acceptors (Lipinski definition) is 4. The Morgan fingerprint density at radius 3 is 2.37 bits per heavy atom. The van der Waals surface area contributed by atoms with Gasteiger partial charge in [-0.15, -0.1) is 0 Å². The number of thioether (sulfide) groups is 1. The Hall–Kier alpha value is -1.94. The molecule has 0 saturated heterocycles. The molecule has 0 fully saturated rings. The molecule has 0 aliphatic carbocycles. The highest BCUT2D eigenvalue weighted by molar-refractivity contribution is 8.13. The number of carbonyl (C=O) groups excluding carboxylic acids is 1. The van der Waals surface area contributed by atoms with Gasteiger partial charge in [-0.3, -0.25) is 0 Å². The van der Waals surface area contributed by atoms with E-state index in [1.54, 1.807) is 7.11 Å². The van der Waals surface area contributed by atoms with Crippen molar-refractivity contribution < 1.29 is 14.3 Å². The van der Waals surface area contributed by atoms with E-state index in [1.807, 2.05) is 54.6 Å². The average molecular weight is 274 g/mol. The summed E-state index contributed by atoms with van der Waals surface area (Å²) in [5.41, 5.74) is 0.933. The van der Waals surface area contributed by atoms with Crippen LogP contribution >= 0.6 is 11.8 Å². The van der Waals surface area contributed by atoms with E-state index < -0.39 is 0 Å². The zero-order valence-electron chi connectivity index (χ0n) is 10.5. The molecule has 0 N–H and O–H groups in total. The van der Waals surface area contributed by atoms with Gasteiger partial charge >= 0.3 is 5.30 Å². The van der Waals surface area contributed by atoms with Gasteiger partial charge in [-0.25, -0.2) is 4.79 Å². The maximum atomic E-state index is 11.6. The molecule has 3 nitrogen and oxygen atoms in total. The number of rotatable bonds is 4. The molecule has 0 bridgehead atoms. The quantitative estimate of drug-likeness (QED) is 0.620. The standard InChI is InChI=1S/C15H14O3S/c1-17-13-9-7-12(8-10-13)11-18-15(16)19-14-5-3-2-4-6-14/h2-10H,11H2,1H3. The van der Waals surface area contributed by atoms with Gasteiger partial charge < -0.3 is 9.47 Å². The fourth-order valence-electron chi connectivity index (χ4n) is 1.48. The normalized spacial score (nSPS) is 9.95. The highest BCUT2D eigenvalue weighted by Gasteiger charge is 2.05. The largest absolute Gasteiger partial charge is 0.497 e. The Labute approximate surface area is 116 Å². The maximum Gasteiger partial charge on any atom is 0.372 e. The molecule has 2 rings (SSSR count). The van der Waals surface area contributed by atoms with Gasteiger partial charge in [0.05, 0.1) is 7.11 Å². The summed E-state index contributed by atoms with van der Waals surface area (Å²) in [5.74, 6) is 0.786. The van der Waals surface area contributed by atoms with Crippen molar-refractivity contribution in [1.29, 1.82) is 0 Å². The van der Waals surface area contributed by atoms with Crippen molar-refractivity contribution in [2.45, 2.75) is 11.5 Å². The zero-order valence-corrected chi connectivity index (χ0v) is 11.4. The second kappa shape index (κ2) is 6.85. The Morgan fingerprint density at radius 2 is 1.74 bits per heavy atom. The predicted octanol–water partition coefficient (Wildman–Crippen LogP) is 4.12. The van der Waals surface area contributed by atoms with Gasteiger partial charge in [0.2, 0.25) is 0 Å². The maximum absolute atomic E-state index is 11.6. The fourth-order valence-corrected chi connectivity index (χ4v) is 2.08. The van der Waals surface area contributed by atoms with Crippen LogP contribution in [0, 0.1) is 0 Å². The van der Waals surface area contributed by atoms with E-state index in [9.17, 15) is 4.79 Å². The van der Waals surface area contributed by atoms with Crippen molar-refractivity contribution >= 4 is 17.1 Å². The summed E-state index contributed by atoms with van der Waals surface area (Å²) in [6.45, 7) is 0.267. The number of carbonyl (C=O) groups is 1. The van der Waals surface area contributed by atoms with E-state index in [1.165, 1.54) is 0 Å². The molecule has 0 amide bonds. The van der Waals surface area contributed by atoms with E-state index in [0.717, 1.165) is 28.0 Å². The predicted molar refractivity (Wildman–Crippen MR) is 75.5 cm³/mol. The van der Waals surface area contributed by atoms with E-state index in [-0.39, 0.29) is 11.9 Å². The van der Waals surface area contributed by atoms with Gasteiger partial charge in [0.25, 0.3) is 0 Å². The lowest BCUT2D eigenvalue weighted by atomic mass is 10.2. The number of benzene rings is 2. The lowest BCUT2D eigenvalue weighted by Gasteiger charge is -2.05. The van der Waals surface area contributed by atoms with Crippen molar-refractivity contribution in [3.63, 3.8) is 0 Å². The highest BCUT2D eigenvalue weighted by Crippen LogP contribution is 2.20. The molecule has 0 atom stereocenters. The first kappa shape index (κ1) is 13.5.